The Balaban J connectivity index is 1.38. The smallest absolute Gasteiger partial charge is 0.285 e. The fourth-order valence-corrected chi connectivity index (χ4v) is 4.24. The first kappa shape index (κ1) is 20.5. The normalized spacial score (nSPS) is 13.8. The van der Waals surface area contributed by atoms with Crippen molar-refractivity contribution in [1.29, 1.82) is 0 Å². The number of likely N-dealkylation sites (N-methyl/N-ethyl adjacent to an activating group) is 1. The minimum atomic E-state index is -3.76. The predicted octanol–water partition coefficient (Wildman–Crippen LogP) is 3.03. The number of sulfonamides is 1. The average Bonchev–Trinajstić information content (AvgIpc) is 3.02. The molecule has 0 saturated carbocycles. The summed E-state index contributed by atoms with van der Waals surface area (Å²) in [6.45, 7) is -0.115. The van der Waals surface area contributed by atoms with Crippen LogP contribution in [0.15, 0.2) is 76.2 Å². The van der Waals surface area contributed by atoms with Crippen LogP contribution >= 0.6 is 0 Å². The number of rotatable bonds is 5. The van der Waals surface area contributed by atoms with Gasteiger partial charge in [0.1, 0.15) is 16.5 Å². The molecule has 31 heavy (non-hydrogen) atoms. The molecule has 0 bridgehead atoms. The molecule has 10 heteroatoms. The number of anilines is 1. The summed E-state index contributed by atoms with van der Waals surface area (Å²) in [5.74, 6) is 0.185. The summed E-state index contributed by atoms with van der Waals surface area (Å²) in [7, 11) is -2.17. The SMILES string of the molecule is CN(CC(=O)Nc1ccc(Oc2ccc(F)cc2)nc1)C1=NS(=O)(=O)c2ccccc21. The third-order valence-electron chi connectivity index (χ3n) is 4.41. The van der Waals surface area contributed by atoms with Gasteiger partial charge >= 0.3 is 0 Å². The van der Waals surface area contributed by atoms with Gasteiger partial charge in [0.2, 0.25) is 11.8 Å². The fourth-order valence-electron chi connectivity index (χ4n) is 2.99. The molecule has 0 fully saturated rings. The van der Waals surface area contributed by atoms with Crippen molar-refractivity contribution in [3.63, 3.8) is 0 Å². The van der Waals surface area contributed by atoms with Gasteiger partial charge in [-0.15, -0.1) is 4.40 Å². The number of nitrogens with one attached hydrogen (secondary N) is 1. The molecule has 1 aromatic heterocycles. The number of nitrogens with zero attached hydrogens (tertiary/aromatic N) is 3. The van der Waals surface area contributed by atoms with E-state index in [0.717, 1.165) is 0 Å². The quantitative estimate of drug-likeness (QED) is 0.655. The number of halogens is 1. The summed E-state index contributed by atoms with van der Waals surface area (Å²) in [4.78, 5) is 18.1. The van der Waals surface area contributed by atoms with Gasteiger partial charge in [-0.05, 0) is 42.5 Å². The Bertz CT molecular complexity index is 1260. The number of amides is 1. The van der Waals surface area contributed by atoms with E-state index in [-0.39, 0.29) is 34.9 Å². The fraction of sp³-hybridized carbons (Fsp3) is 0.0952. The van der Waals surface area contributed by atoms with Crippen LogP contribution in [0.25, 0.3) is 0 Å². The van der Waals surface area contributed by atoms with Crippen LogP contribution in [0.1, 0.15) is 5.56 Å². The Kier molecular flexibility index (Phi) is 5.38. The van der Waals surface area contributed by atoms with E-state index in [1.165, 1.54) is 41.4 Å². The van der Waals surface area contributed by atoms with Gasteiger partial charge in [-0.3, -0.25) is 4.79 Å². The van der Waals surface area contributed by atoms with Gasteiger partial charge < -0.3 is 15.0 Å². The number of amidine groups is 1. The summed E-state index contributed by atoms with van der Waals surface area (Å²) in [5.41, 5.74) is 0.896. The zero-order valence-electron chi connectivity index (χ0n) is 16.3. The van der Waals surface area contributed by atoms with Crippen molar-refractivity contribution in [2.75, 3.05) is 18.9 Å². The standard InChI is InChI=1S/C21H17FN4O4S/c1-26(21-17-4-2-3-5-18(17)31(28,29)25-21)13-19(27)24-15-8-11-20(23-12-15)30-16-9-6-14(22)7-10-16/h2-12H,13H2,1H3,(H,24,27). The molecule has 0 saturated heterocycles. The lowest BCUT2D eigenvalue weighted by Crippen LogP contribution is -2.34. The predicted molar refractivity (Wildman–Crippen MR) is 112 cm³/mol. The first-order chi connectivity index (χ1) is 14.8. The Hall–Kier alpha value is -3.79. The van der Waals surface area contributed by atoms with Crippen LogP contribution in [-0.2, 0) is 14.8 Å². The summed E-state index contributed by atoms with van der Waals surface area (Å²) in [6.07, 6.45) is 1.42. The number of carbonyl (C=O) groups is 1. The van der Waals surface area contributed by atoms with Gasteiger partial charge in [-0.1, -0.05) is 12.1 Å². The largest absolute Gasteiger partial charge is 0.439 e. The topological polar surface area (TPSA) is 101 Å². The minimum Gasteiger partial charge on any atom is -0.439 e. The van der Waals surface area contributed by atoms with E-state index < -0.39 is 10.0 Å². The molecule has 2 aromatic carbocycles. The van der Waals surface area contributed by atoms with Crippen LogP contribution in [0.3, 0.4) is 0 Å². The third kappa shape index (κ3) is 4.53. The molecular formula is C21H17FN4O4S. The van der Waals surface area contributed by atoms with Gasteiger partial charge in [-0.25, -0.2) is 9.37 Å². The number of hydrogen-bond donors (Lipinski definition) is 1. The molecule has 0 aliphatic carbocycles. The van der Waals surface area contributed by atoms with E-state index in [9.17, 15) is 17.6 Å². The minimum absolute atomic E-state index is 0.115. The van der Waals surface area contributed by atoms with E-state index in [1.54, 1.807) is 37.4 Å². The van der Waals surface area contributed by atoms with Crippen molar-refractivity contribution in [2.45, 2.75) is 4.90 Å². The molecule has 4 rings (SSSR count). The van der Waals surface area contributed by atoms with Crippen LogP contribution in [0.5, 0.6) is 11.6 Å². The molecular weight excluding hydrogens is 423 g/mol. The summed E-state index contributed by atoms with van der Waals surface area (Å²) >= 11 is 0. The van der Waals surface area contributed by atoms with Crippen molar-refractivity contribution in [3.05, 3.63) is 78.2 Å². The lowest BCUT2D eigenvalue weighted by atomic mass is 10.2. The monoisotopic (exact) mass is 440 g/mol. The zero-order valence-corrected chi connectivity index (χ0v) is 17.1. The highest BCUT2D eigenvalue weighted by molar-refractivity contribution is 7.90. The average molecular weight is 440 g/mol. The molecule has 1 N–H and O–H groups in total. The zero-order chi connectivity index (χ0) is 22.0. The van der Waals surface area contributed by atoms with Crippen LogP contribution in [0, 0.1) is 5.82 Å². The van der Waals surface area contributed by atoms with Gasteiger partial charge in [-0.2, -0.15) is 8.42 Å². The Labute approximate surface area is 178 Å². The van der Waals surface area contributed by atoms with E-state index in [2.05, 4.69) is 14.7 Å². The number of aromatic nitrogens is 1. The molecule has 0 radical (unpaired) electrons. The number of benzene rings is 2. The first-order valence-electron chi connectivity index (χ1n) is 9.17. The van der Waals surface area contributed by atoms with Gasteiger partial charge in [0.05, 0.1) is 18.4 Å². The summed E-state index contributed by atoms with van der Waals surface area (Å²) in [5, 5.41) is 2.69. The number of pyridine rings is 1. The van der Waals surface area contributed by atoms with Crippen molar-refractivity contribution in [3.8, 4) is 11.6 Å². The Morgan fingerprint density at radius 2 is 1.84 bits per heavy atom. The highest BCUT2D eigenvalue weighted by atomic mass is 32.2. The molecule has 0 unspecified atom stereocenters. The van der Waals surface area contributed by atoms with E-state index in [1.807, 2.05) is 0 Å². The highest BCUT2D eigenvalue weighted by Crippen LogP contribution is 2.27. The van der Waals surface area contributed by atoms with Crippen LogP contribution in [0.2, 0.25) is 0 Å². The molecule has 1 aliphatic heterocycles. The second kappa shape index (κ2) is 8.15. The lowest BCUT2D eigenvalue weighted by Gasteiger charge is -2.18. The van der Waals surface area contributed by atoms with Crippen molar-refractivity contribution >= 4 is 27.5 Å². The first-order valence-corrected chi connectivity index (χ1v) is 10.6. The summed E-state index contributed by atoms with van der Waals surface area (Å²) in [6, 6.07) is 15.1. The molecule has 2 heterocycles. The number of ether oxygens (including phenoxy) is 1. The van der Waals surface area contributed by atoms with Gasteiger partial charge in [0, 0.05) is 18.7 Å². The Morgan fingerprint density at radius 1 is 1.10 bits per heavy atom. The maximum atomic E-state index is 12.9. The molecule has 0 atom stereocenters. The second-order valence-corrected chi connectivity index (χ2v) is 8.30. The van der Waals surface area contributed by atoms with Gasteiger partial charge in [0.15, 0.2) is 5.84 Å². The van der Waals surface area contributed by atoms with Crippen molar-refractivity contribution in [2.24, 2.45) is 4.40 Å². The van der Waals surface area contributed by atoms with Crippen molar-refractivity contribution in [1.82, 2.24) is 9.88 Å². The number of hydrogen-bond acceptors (Lipinski definition) is 6. The van der Waals surface area contributed by atoms with Crippen LogP contribution in [-0.4, -0.2) is 43.6 Å². The van der Waals surface area contributed by atoms with E-state index in [0.29, 0.717) is 17.0 Å². The second-order valence-electron chi connectivity index (χ2n) is 6.73. The maximum Gasteiger partial charge on any atom is 0.285 e. The Morgan fingerprint density at radius 3 is 2.55 bits per heavy atom. The number of carbonyl (C=O) groups excluding carboxylic acids is 1. The van der Waals surface area contributed by atoms with E-state index in [4.69, 9.17) is 4.74 Å². The third-order valence-corrected chi connectivity index (χ3v) is 5.74. The molecule has 1 aliphatic rings. The van der Waals surface area contributed by atoms with Gasteiger partial charge in [0.25, 0.3) is 10.0 Å². The number of fused-ring (bicyclic) bond motifs is 1. The summed E-state index contributed by atoms with van der Waals surface area (Å²) < 4.78 is 46.6. The molecule has 1 amide bonds. The maximum absolute atomic E-state index is 12.9. The molecule has 0 spiro atoms. The lowest BCUT2D eigenvalue weighted by molar-refractivity contribution is -0.116. The van der Waals surface area contributed by atoms with E-state index >= 15 is 0 Å². The molecule has 158 valence electrons. The van der Waals surface area contributed by atoms with Crippen LogP contribution in [0.4, 0.5) is 10.1 Å². The molecule has 3 aromatic rings. The van der Waals surface area contributed by atoms with Crippen molar-refractivity contribution < 1.29 is 22.3 Å². The highest BCUT2D eigenvalue weighted by Gasteiger charge is 2.30. The molecule has 8 nitrogen and oxygen atoms in total. The van der Waals surface area contributed by atoms with Crippen LogP contribution < -0.4 is 10.1 Å².